The highest BCUT2D eigenvalue weighted by Crippen LogP contribution is 2.17. The minimum atomic E-state index is 0.525. The molecule has 0 aliphatic rings. The number of ether oxygens (including phenoxy) is 1. The van der Waals surface area contributed by atoms with Gasteiger partial charge in [-0.3, -0.25) is 0 Å². The van der Waals surface area contributed by atoms with Crippen molar-refractivity contribution < 1.29 is 4.74 Å². The highest BCUT2D eigenvalue weighted by molar-refractivity contribution is 6.30. The molecule has 2 heterocycles. The molecule has 0 radical (unpaired) electrons. The third-order valence-electron chi connectivity index (χ3n) is 2.73. The standard InChI is InChI=1S/C13H11ClN4O/c14-10-3-1-9(2-4-10)5-6-19-13-11-12(16-7-15-11)17-8-18-13/h1-4,7-8H,5-6H2,(H,15,16,17,18). The second kappa shape index (κ2) is 5.24. The molecule has 2 aromatic heterocycles. The number of halogens is 1. The molecular formula is C13H11ClN4O. The number of H-pyrrole nitrogens is 1. The van der Waals surface area contributed by atoms with E-state index >= 15 is 0 Å². The Morgan fingerprint density at radius 2 is 1.95 bits per heavy atom. The van der Waals surface area contributed by atoms with E-state index < -0.39 is 0 Å². The van der Waals surface area contributed by atoms with Gasteiger partial charge < -0.3 is 9.72 Å². The second-order valence-corrected chi connectivity index (χ2v) is 4.44. The molecule has 6 heteroatoms. The molecule has 0 aliphatic carbocycles. The van der Waals surface area contributed by atoms with Gasteiger partial charge in [0.1, 0.15) is 11.8 Å². The zero-order valence-electron chi connectivity index (χ0n) is 10.0. The first-order valence-electron chi connectivity index (χ1n) is 5.84. The normalized spacial score (nSPS) is 10.8. The maximum atomic E-state index is 5.84. The topological polar surface area (TPSA) is 63.7 Å². The minimum Gasteiger partial charge on any atom is -0.476 e. The molecule has 0 spiro atoms. The highest BCUT2D eigenvalue weighted by atomic mass is 35.5. The molecule has 3 rings (SSSR count). The molecule has 5 nitrogen and oxygen atoms in total. The number of benzene rings is 1. The van der Waals surface area contributed by atoms with E-state index in [1.54, 1.807) is 6.33 Å². The van der Waals surface area contributed by atoms with E-state index in [1.807, 2.05) is 24.3 Å². The summed E-state index contributed by atoms with van der Waals surface area (Å²) in [6.45, 7) is 0.534. The molecule has 0 fully saturated rings. The third kappa shape index (κ3) is 2.66. The number of aromatic amines is 1. The van der Waals surface area contributed by atoms with E-state index in [9.17, 15) is 0 Å². The van der Waals surface area contributed by atoms with E-state index in [2.05, 4.69) is 19.9 Å². The number of imidazole rings is 1. The fourth-order valence-electron chi connectivity index (χ4n) is 1.77. The predicted molar refractivity (Wildman–Crippen MR) is 72.3 cm³/mol. The van der Waals surface area contributed by atoms with Crippen LogP contribution in [0.1, 0.15) is 5.56 Å². The van der Waals surface area contributed by atoms with E-state index in [0.29, 0.717) is 18.1 Å². The average molecular weight is 275 g/mol. The number of nitrogens with zero attached hydrogens (tertiary/aromatic N) is 3. The summed E-state index contributed by atoms with van der Waals surface area (Å²) in [7, 11) is 0. The zero-order chi connectivity index (χ0) is 13.1. The van der Waals surface area contributed by atoms with Crippen LogP contribution in [0.15, 0.2) is 36.9 Å². The van der Waals surface area contributed by atoms with Crippen LogP contribution in [0, 0.1) is 0 Å². The van der Waals surface area contributed by atoms with Gasteiger partial charge in [0.15, 0.2) is 5.65 Å². The Morgan fingerprint density at radius 1 is 1.11 bits per heavy atom. The Labute approximate surface area is 114 Å². The van der Waals surface area contributed by atoms with Gasteiger partial charge in [-0.1, -0.05) is 23.7 Å². The maximum absolute atomic E-state index is 5.84. The van der Waals surface area contributed by atoms with Crippen LogP contribution < -0.4 is 4.74 Å². The smallest absolute Gasteiger partial charge is 0.243 e. The summed E-state index contributed by atoms with van der Waals surface area (Å²) in [5.41, 5.74) is 2.49. The molecular weight excluding hydrogens is 264 g/mol. The maximum Gasteiger partial charge on any atom is 0.243 e. The molecule has 1 aromatic carbocycles. The van der Waals surface area contributed by atoms with Crippen LogP contribution in [0.4, 0.5) is 0 Å². The molecule has 0 amide bonds. The van der Waals surface area contributed by atoms with Crippen LogP contribution in [0.2, 0.25) is 5.02 Å². The van der Waals surface area contributed by atoms with Crippen LogP contribution in [0.3, 0.4) is 0 Å². The van der Waals surface area contributed by atoms with E-state index in [4.69, 9.17) is 16.3 Å². The van der Waals surface area contributed by atoms with Crippen molar-refractivity contribution in [3.63, 3.8) is 0 Å². The number of nitrogens with one attached hydrogen (secondary N) is 1. The van der Waals surface area contributed by atoms with Gasteiger partial charge in [0.05, 0.1) is 12.9 Å². The molecule has 3 aromatic rings. The number of hydrogen-bond donors (Lipinski definition) is 1. The first kappa shape index (κ1) is 11.9. The van der Waals surface area contributed by atoms with Crippen molar-refractivity contribution in [1.82, 2.24) is 19.9 Å². The SMILES string of the molecule is Clc1ccc(CCOc2ncnc3nc[nH]c23)cc1. The Bertz CT molecular complexity index is 680. The molecule has 19 heavy (non-hydrogen) atoms. The summed E-state index contributed by atoms with van der Waals surface area (Å²) in [4.78, 5) is 15.1. The molecule has 0 saturated carbocycles. The lowest BCUT2D eigenvalue weighted by molar-refractivity contribution is 0.312. The van der Waals surface area contributed by atoms with Gasteiger partial charge >= 0.3 is 0 Å². The van der Waals surface area contributed by atoms with Crippen molar-refractivity contribution in [1.29, 1.82) is 0 Å². The van der Waals surface area contributed by atoms with Gasteiger partial charge in [-0.2, -0.15) is 4.98 Å². The molecule has 1 N–H and O–H groups in total. The van der Waals surface area contributed by atoms with Crippen LogP contribution in [0.5, 0.6) is 5.88 Å². The molecule has 96 valence electrons. The second-order valence-electron chi connectivity index (χ2n) is 4.00. The Kier molecular flexibility index (Phi) is 3.29. The number of aromatic nitrogens is 4. The molecule has 0 atom stereocenters. The van der Waals surface area contributed by atoms with Gasteiger partial charge in [0.25, 0.3) is 0 Å². The quantitative estimate of drug-likeness (QED) is 0.794. The van der Waals surface area contributed by atoms with Crippen LogP contribution in [0.25, 0.3) is 11.2 Å². The summed E-state index contributed by atoms with van der Waals surface area (Å²) < 4.78 is 5.66. The first-order valence-corrected chi connectivity index (χ1v) is 6.22. The van der Waals surface area contributed by atoms with Crippen LogP contribution in [-0.2, 0) is 6.42 Å². The fourth-order valence-corrected chi connectivity index (χ4v) is 1.89. The van der Waals surface area contributed by atoms with Gasteiger partial charge in [-0.25, -0.2) is 9.97 Å². The van der Waals surface area contributed by atoms with Crippen molar-refractivity contribution in [2.45, 2.75) is 6.42 Å². The minimum absolute atomic E-state index is 0.525. The average Bonchev–Trinajstić information content (AvgIpc) is 2.90. The van der Waals surface area contributed by atoms with Crippen LogP contribution >= 0.6 is 11.6 Å². The molecule has 0 unspecified atom stereocenters. The monoisotopic (exact) mass is 274 g/mol. The third-order valence-corrected chi connectivity index (χ3v) is 2.98. The fraction of sp³-hybridized carbons (Fsp3) is 0.154. The van der Waals surface area contributed by atoms with Crippen molar-refractivity contribution in [2.75, 3.05) is 6.61 Å². The Hall–Kier alpha value is -2.14. The van der Waals surface area contributed by atoms with Crippen molar-refractivity contribution >= 4 is 22.8 Å². The van der Waals surface area contributed by atoms with Gasteiger partial charge in [0.2, 0.25) is 5.88 Å². The van der Waals surface area contributed by atoms with Gasteiger partial charge in [0, 0.05) is 11.4 Å². The summed E-state index contributed by atoms with van der Waals surface area (Å²) in [5.74, 6) is 0.525. The lowest BCUT2D eigenvalue weighted by atomic mass is 10.2. The summed E-state index contributed by atoms with van der Waals surface area (Å²) in [6, 6.07) is 7.71. The summed E-state index contributed by atoms with van der Waals surface area (Å²) in [5, 5.41) is 0.736. The predicted octanol–water partition coefficient (Wildman–Crippen LogP) is 2.63. The molecule has 0 bridgehead atoms. The van der Waals surface area contributed by atoms with Gasteiger partial charge in [-0.15, -0.1) is 0 Å². The Morgan fingerprint density at radius 3 is 2.79 bits per heavy atom. The largest absolute Gasteiger partial charge is 0.476 e. The number of rotatable bonds is 4. The lowest BCUT2D eigenvalue weighted by Gasteiger charge is -2.05. The highest BCUT2D eigenvalue weighted by Gasteiger charge is 2.06. The molecule has 0 aliphatic heterocycles. The van der Waals surface area contributed by atoms with E-state index in [0.717, 1.165) is 17.0 Å². The van der Waals surface area contributed by atoms with Crippen molar-refractivity contribution in [3.05, 3.63) is 47.5 Å². The van der Waals surface area contributed by atoms with Gasteiger partial charge in [-0.05, 0) is 17.7 Å². The summed E-state index contributed by atoms with van der Waals surface area (Å²) in [6.07, 6.45) is 3.81. The number of hydrogen-bond acceptors (Lipinski definition) is 4. The van der Waals surface area contributed by atoms with Crippen LogP contribution in [-0.4, -0.2) is 26.5 Å². The lowest BCUT2D eigenvalue weighted by Crippen LogP contribution is -2.03. The van der Waals surface area contributed by atoms with Crippen molar-refractivity contribution in [2.24, 2.45) is 0 Å². The van der Waals surface area contributed by atoms with Crippen molar-refractivity contribution in [3.8, 4) is 5.88 Å². The Balaban J connectivity index is 1.66. The first-order chi connectivity index (χ1) is 9.33. The zero-order valence-corrected chi connectivity index (χ0v) is 10.8. The molecule has 0 saturated heterocycles. The summed E-state index contributed by atoms with van der Waals surface area (Å²) >= 11 is 5.84. The van der Waals surface area contributed by atoms with E-state index in [1.165, 1.54) is 11.9 Å². The number of fused-ring (bicyclic) bond motifs is 1. The van der Waals surface area contributed by atoms with E-state index in [-0.39, 0.29) is 0 Å².